The first kappa shape index (κ1) is 9.38. The highest BCUT2D eigenvalue weighted by Gasteiger charge is 2.01. The lowest BCUT2D eigenvalue weighted by atomic mass is 10.3. The molecule has 4 heteroatoms. The fraction of sp³-hybridized carbons (Fsp3) is 0.222. The van der Waals surface area contributed by atoms with E-state index in [0.717, 1.165) is 0 Å². The van der Waals surface area contributed by atoms with Crippen molar-refractivity contribution in [2.75, 3.05) is 12.6 Å². The predicted molar refractivity (Wildman–Crippen MR) is 48.4 cm³/mol. The van der Waals surface area contributed by atoms with Crippen LogP contribution in [0, 0.1) is 0 Å². The van der Waals surface area contributed by atoms with E-state index in [1.807, 2.05) is 12.1 Å². The van der Waals surface area contributed by atoms with Gasteiger partial charge in [0, 0.05) is 6.92 Å². The molecule has 0 saturated carbocycles. The quantitative estimate of drug-likeness (QED) is 0.719. The van der Waals surface area contributed by atoms with Crippen LogP contribution in [0.2, 0.25) is 0 Å². The third-order valence-electron chi connectivity index (χ3n) is 1.41. The molecular formula is C9H11NO3. The molecule has 0 aliphatic carbocycles. The number of carbonyl (C=O) groups is 1. The number of nitrogens with one attached hydrogen (secondary N) is 1. The number of para-hydroxylation sites is 2. The molecule has 0 atom stereocenters. The van der Waals surface area contributed by atoms with Crippen LogP contribution < -0.4 is 10.2 Å². The van der Waals surface area contributed by atoms with Crippen molar-refractivity contribution in [1.82, 2.24) is 0 Å². The molecule has 0 bridgehead atoms. The standard InChI is InChI=1S/C9H11NO3/c1-7(11)13-10-8-5-3-4-6-9(8)12-2/h3-6,10H,1-2H3. The van der Waals surface area contributed by atoms with Gasteiger partial charge in [0.1, 0.15) is 11.4 Å². The Morgan fingerprint density at radius 3 is 2.69 bits per heavy atom. The molecule has 0 unspecified atom stereocenters. The third kappa shape index (κ3) is 2.66. The number of ether oxygens (including phenoxy) is 1. The van der Waals surface area contributed by atoms with Gasteiger partial charge < -0.3 is 9.57 Å². The summed E-state index contributed by atoms with van der Waals surface area (Å²) >= 11 is 0. The summed E-state index contributed by atoms with van der Waals surface area (Å²) in [4.78, 5) is 15.1. The number of carbonyl (C=O) groups excluding carboxylic acids is 1. The molecule has 0 aliphatic rings. The van der Waals surface area contributed by atoms with Crippen LogP contribution >= 0.6 is 0 Å². The van der Waals surface area contributed by atoms with E-state index < -0.39 is 5.97 Å². The van der Waals surface area contributed by atoms with Crippen molar-refractivity contribution in [2.45, 2.75) is 6.92 Å². The molecule has 13 heavy (non-hydrogen) atoms. The first-order valence-corrected chi connectivity index (χ1v) is 3.80. The molecule has 1 N–H and O–H groups in total. The maximum absolute atomic E-state index is 10.5. The molecule has 0 aromatic heterocycles. The van der Waals surface area contributed by atoms with Crippen LogP contribution in [-0.4, -0.2) is 13.1 Å². The maximum Gasteiger partial charge on any atom is 0.329 e. The Morgan fingerprint density at radius 1 is 1.38 bits per heavy atom. The topological polar surface area (TPSA) is 47.6 Å². The first-order valence-electron chi connectivity index (χ1n) is 3.80. The van der Waals surface area contributed by atoms with Crippen molar-refractivity contribution in [3.05, 3.63) is 24.3 Å². The smallest absolute Gasteiger partial charge is 0.329 e. The third-order valence-corrected chi connectivity index (χ3v) is 1.41. The van der Waals surface area contributed by atoms with Gasteiger partial charge in [-0.2, -0.15) is 0 Å². The van der Waals surface area contributed by atoms with Crippen LogP contribution in [0.5, 0.6) is 5.75 Å². The molecule has 0 amide bonds. The molecule has 1 aromatic carbocycles. The Hall–Kier alpha value is -1.71. The maximum atomic E-state index is 10.5. The van der Waals surface area contributed by atoms with Crippen LogP contribution in [-0.2, 0) is 9.63 Å². The van der Waals surface area contributed by atoms with Gasteiger partial charge in [-0.15, -0.1) is 0 Å². The van der Waals surface area contributed by atoms with Gasteiger partial charge in [-0.25, -0.2) is 5.48 Å². The van der Waals surface area contributed by atoms with E-state index in [0.29, 0.717) is 11.4 Å². The van der Waals surface area contributed by atoms with Crippen molar-refractivity contribution < 1.29 is 14.4 Å². The molecule has 0 saturated heterocycles. The van der Waals surface area contributed by atoms with E-state index in [4.69, 9.17) is 4.74 Å². The van der Waals surface area contributed by atoms with Gasteiger partial charge in [0.2, 0.25) is 0 Å². The van der Waals surface area contributed by atoms with Crippen LogP contribution in [0.1, 0.15) is 6.92 Å². The minimum absolute atomic E-state index is 0.397. The highest BCUT2D eigenvalue weighted by molar-refractivity contribution is 5.68. The van der Waals surface area contributed by atoms with E-state index in [1.165, 1.54) is 6.92 Å². The SMILES string of the molecule is COc1ccccc1NOC(C)=O. The summed E-state index contributed by atoms with van der Waals surface area (Å²) in [6.45, 7) is 1.32. The molecule has 1 rings (SSSR count). The fourth-order valence-corrected chi connectivity index (χ4v) is 0.856. The van der Waals surface area contributed by atoms with Gasteiger partial charge in [-0.05, 0) is 12.1 Å². The minimum atomic E-state index is -0.397. The molecule has 0 heterocycles. The number of hydrogen-bond acceptors (Lipinski definition) is 4. The zero-order valence-electron chi connectivity index (χ0n) is 7.53. The van der Waals surface area contributed by atoms with Crippen molar-refractivity contribution in [3.63, 3.8) is 0 Å². The summed E-state index contributed by atoms with van der Waals surface area (Å²) in [5.41, 5.74) is 3.11. The lowest BCUT2D eigenvalue weighted by Crippen LogP contribution is -2.06. The Balaban J connectivity index is 2.69. The van der Waals surface area contributed by atoms with Gasteiger partial charge in [0.05, 0.1) is 7.11 Å². The van der Waals surface area contributed by atoms with Crippen molar-refractivity contribution in [3.8, 4) is 5.75 Å². The van der Waals surface area contributed by atoms with Crippen molar-refractivity contribution in [1.29, 1.82) is 0 Å². The summed E-state index contributed by atoms with van der Waals surface area (Å²) in [6, 6.07) is 7.17. The van der Waals surface area contributed by atoms with E-state index in [9.17, 15) is 4.79 Å². The normalized spacial score (nSPS) is 9.08. The fourth-order valence-electron chi connectivity index (χ4n) is 0.856. The summed E-state index contributed by atoms with van der Waals surface area (Å²) < 4.78 is 5.02. The number of rotatable bonds is 3. The van der Waals surface area contributed by atoms with Gasteiger partial charge >= 0.3 is 5.97 Å². The second-order valence-electron chi connectivity index (χ2n) is 2.40. The average molecular weight is 181 g/mol. The van der Waals surface area contributed by atoms with Crippen LogP contribution in [0.15, 0.2) is 24.3 Å². The summed E-state index contributed by atoms with van der Waals surface area (Å²) in [5, 5.41) is 0. The largest absolute Gasteiger partial charge is 0.494 e. The van der Waals surface area contributed by atoms with Crippen LogP contribution in [0.25, 0.3) is 0 Å². The zero-order chi connectivity index (χ0) is 9.68. The predicted octanol–water partition coefficient (Wildman–Crippen LogP) is 1.59. The molecule has 0 fully saturated rings. The molecule has 70 valence electrons. The van der Waals surface area contributed by atoms with Crippen molar-refractivity contribution in [2.24, 2.45) is 0 Å². The highest BCUT2D eigenvalue weighted by atomic mass is 16.7. The van der Waals surface area contributed by atoms with E-state index in [-0.39, 0.29) is 0 Å². The van der Waals surface area contributed by atoms with E-state index in [2.05, 4.69) is 10.3 Å². The second kappa shape index (κ2) is 4.35. The minimum Gasteiger partial charge on any atom is -0.494 e. The van der Waals surface area contributed by atoms with E-state index in [1.54, 1.807) is 19.2 Å². The first-order chi connectivity index (χ1) is 6.24. The molecule has 0 radical (unpaired) electrons. The number of methoxy groups -OCH3 is 1. The average Bonchev–Trinajstić information content (AvgIpc) is 2.15. The molecule has 0 aliphatic heterocycles. The zero-order valence-corrected chi connectivity index (χ0v) is 7.53. The van der Waals surface area contributed by atoms with Gasteiger partial charge in [0.15, 0.2) is 0 Å². The highest BCUT2D eigenvalue weighted by Crippen LogP contribution is 2.22. The number of benzene rings is 1. The molecule has 0 spiro atoms. The van der Waals surface area contributed by atoms with Crippen LogP contribution in [0.4, 0.5) is 5.69 Å². The van der Waals surface area contributed by atoms with Gasteiger partial charge in [-0.1, -0.05) is 12.1 Å². The van der Waals surface area contributed by atoms with Gasteiger partial charge in [0.25, 0.3) is 0 Å². The Labute approximate surface area is 76.4 Å². The molecule has 4 nitrogen and oxygen atoms in total. The second-order valence-corrected chi connectivity index (χ2v) is 2.40. The van der Waals surface area contributed by atoms with Crippen molar-refractivity contribution >= 4 is 11.7 Å². The summed E-state index contributed by atoms with van der Waals surface area (Å²) in [7, 11) is 1.55. The Morgan fingerprint density at radius 2 is 2.08 bits per heavy atom. The Kier molecular flexibility index (Phi) is 3.14. The van der Waals surface area contributed by atoms with Crippen LogP contribution in [0.3, 0.4) is 0 Å². The summed E-state index contributed by atoms with van der Waals surface area (Å²) in [5.74, 6) is 0.231. The molecular weight excluding hydrogens is 170 g/mol. The Bertz CT molecular complexity index is 299. The van der Waals surface area contributed by atoms with Gasteiger partial charge in [-0.3, -0.25) is 4.79 Å². The lowest BCUT2D eigenvalue weighted by molar-refractivity contribution is -0.138. The lowest BCUT2D eigenvalue weighted by Gasteiger charge is -2.08. The number of hydrogen-bond donors (Lipinski definition) is 1. The summed E-state index contributed by atoms with van der Waals surface area (Å²) in [6.07, 6.45) is 0. The number of anilines is 1. The monoisotopic (exact) mass is 181 g/mol. The van der Waals surface area contributed by atoms with E-state index >= 15 is 0 Å². The molecule has 1 aromatic rings.